The van der Waals surface area contributed by atoms with Gasteiger partial charge in [0.1, 0.15) is 5.75 Å². The fourth-order valence-corrected chi connectivity index (χ4v) is 2.44. The van der Waals surface area contributed by atoms with E-state index in [0.29, 0.717) is 0 Å². The van der Waals surface area contributed by atoms with Crippen LogP contribution in [0.15, 0.2) is 18.2 Å². The maximum Gasteiger partial charge on any atom is 0.119 e. The van der Waals surface area contributed by atoms with Crippen LogP contribution in [-0.2, 0) is 11.2 Å². The Bertz CT molecular complexity index is 379. The monoisotopic (exact) mass is 249 g/mol. The number of aryl methyl sites for hydroxylation is 1. The summed E-state index contributed by atoms with van der Waals surface area (Å²) in [4.78, 5) is 0. The summed E-state index contributed by atoms with van der Waals surface area (Å²) >= 11 is 0. The molecule has 1 atom stereocenters. The second-order valence-electron chi connectivity index (χ2n) is 4.91. The Morgan fingerprint density at radius 3 is 2.94 bits per heavy atom. The van der Waals surface area contributed by atoms with Crippen LogP contribution in [0.2, 0.25) is 0 Å². The van der Waals surface area contributed by atoms with Crippen LogP contribution in [0.1, 0.15) is 42.9 Å². The van der Waals surface area contributed by atoms with Crippen molar-refractivity contribution in [1.82, 2.24) is 0 Å². The zero-order valence-corrected chi connectivity index (χ0v) is 11.2. The van der Waals surface area contributed by atoms with Crippen molar-refractivity contribution in [3.63, 3.8) is 0 Å². The molecule has 0 aliphatic heterocycles. The lowest BCUT2D eigenvalue weighted by Crippen LogP contribution is -2.17. The standard InChI is InChI=1S/C15H23NO2/c1-17-9-2-3-10-18-13-8-7-12-5-4-6-15(16)14(12)11-13/h7-8,11,15H,2-6,9-10,16H2,1H3/t15-/m1/s1. The number of methoxy groups -OCH3 is 1. The van der Waals surface area contributed by atoms with Gasteiger partial charge in [-0.2, -0.15) is 0 Å². The smallest absolute Gasteiger partial charge is 0.119 e. The molecule has 0 fully saturated rings. The molecule has 0 radical (unpaired) electrons. The molecule has 0 aromatic heterocycles. The first kappa shape index (κ1) is 13.4. The van der Waals surface area contributed by atoms with E-state index in [1.807, 2.05) is 0 Å². The van der Waals surface area contributed by atoms with Crippen LogP contribution in [0.5, 0.6) is 5.75 Å². The minimum Gasteiger partial charge on any atom is -0.494 e. The fourth-order valence-electron chi connectivity index (χ4n) is 2.44. The Morgan fingerprint density at radius 2 is 2.11 bits per heavy atom. The van der Waals surface area contributed by atoms with E-state index in [-0.39, 0.29) is 6.04 Å². The Hall–Kier alpha value is -1.06. The Balaban J connectivity index is 1.88. The van der Waals surface area contributed by atoms with E-state index in [9.17, 15) is 0 Å². The number of fused-ring (bicyclic) bond motifs is 1. The molecule has 0 amide bonds. The molecule has 2 rings (SSSR count). The van der Waals surface area contributed by atoms with Crippen molar-refractivity contribution in [1.29, 1.82) is 0 Å². The molecule has 100 valence electrons. The summed E-state index contributed by atoms with van der Waals surface area (Å²) in [6.45, 7) is 1.55. The van der Waals surface area contributed by atoms with E-state index in [2.05, 4.69) is 18.2 Å². The van der Waals surface area contributed by atoms with E-state index in [0.717, 1.165) is 44.6 Å². The maximum absolute atomic E-state index is 6.14. The van der Waals surface area contributed by atoms with E-state index < -0.39 is 0 Å². The lowest BCUT2D eigenvalue weighted by molar-refractivity contribution is 0.184. The molecule has 3 heteroatoms. The van der Waals surface area contributed by atoms with Gasteiger partial charge in [-0.1, -0.05) is 6.07 Å². The van der Waals surface area contributed by atoms with Gasteiger partial charge in [0, 0.05) is 19.8 Å². The van der Waals surface area contributed by atoms with Gasteiger partial charge in [-0.25, -0.2) is 0 Å². The van der Waals surface area contributed by atoms with Crippen LogP contribution in [0.3, 0.4) is 0 Å². The van der Waals surface area contributed by atoms with Crippen LogP contribution in [-0.4, -0.2) is 20.3 Å². The number of benzene rings is 1. The Morgan fingerprint density at radius 1 is 1.28 bits per heavy atom. The first-order valence-corrected chi connectivity index (χ1v) is 6.81. The van der Waals surface area contributed by atoms with Crippen LogP contribution in [0.4, 0.5) is 0 Å². The summed E-state index contributed by atoms with van der Waals surface area (Å²) in [6, 6.07) is 6.53. The molecule has 1 aliphatic rings. The molecule has 0 spiro atoms. The van der Waals surface area contributed by atoms with Gasteiger partial charge in [0.25, 0.3) is 0 Å². The lowest BCUT2D eigenvalue weighted by atomic mass is 9.88. The normalized spacial score (nSPS) is 18.4. The number of rotatable bonds is 6. The second-order valence-corrected chi connectivity index (χ2v) is 4.91. The van der Waals surface area contributed by atoms with Crippen LogP contribution in [0, 0.1) is 0 Å². The molecule has 0 saturated carbocycles. The molecule has 0 unspecified atom stereocenters. The molecule has 0 bridgehead atoms. The van der Waals surface area contributed by atoms with E-state index in [1.165, 1.54) is 17.5 Å². The van der Waals surface area contributed by atoms with Crippen molar-refractivity contribution in [3.05, 3.63) is 29.3 Å². The summed E-state index contributed by atoms with van der Waals surface area (Å²) < 4.78 is 10.8. The first-order chi connectivity index (χ1) is 8.81. The molecule has 1 aromatic carbocycles. The summed E-state index contributed by atoms with van der Waals surface area (Å²) in [7, 11) is 1.73. The van der Waals surface area contributed by atoms with Crippen LogP contribution in [0.25, 0.3) is 0 Å². The second kappa shape index (κ2) is 6.76. The van der Waals surface area contributed by atoms with Crippen molar-refractivity contribution in [3.8, 4) is 5.75 Å². The highest BCUT2D eigenvalue weighted by atomic mass is 16.5. The molecule has 0 heterocycles. The third-order valence-electron chi connectivity index (χ3n) is 3.49. The summed E-state index contributed by atoms with van der Waals surface area (Å²) in [5.41, 5.74) is 8.80. The molecule has 3 nitrogen and oxygen atoms in total. The fraction of sp³-hybridized carbons (Fsp3) is 0.600. The first-order valence-electron chi connectivity index (χ1n) is 6.81. The summed E-state index contributed by atoms with van der Waals surface area (Å²) in [5, 5.41) is 0. The topological polar surface area (TPSA) is 44.5 Å². The summed E-state index contributed by atoms with van der Waals surface area (Å²) in [5.74, 6) is 0.948. The number of unbranched alkanes of at least 4 members (excludes halogenated alkanes) is 1. The Kier molecular flexibility index (Phi) is 5.02. The van der Waals surface area contributed by atoms with Crippen molar-refractivity contribution in [2.75, 3.05) is 20.3 Å². The predicted octanol–water partition coefficient (Wildman–Crippen LogP) is 2.83. The third-order valence-corrected chi connectivity index (χ3v) is 3.49. The number of ether oxygens (including phenoxy) is 2. The molecule has 18 heavy (non-hydrogen) atoms. The Labute approximate surface area is 109 Å². The average molecular weight is 249 g/mol. The lowest BCUT2D eigenvalue weighted by Gasteiger charge is -2.22. The van der Waals surface area contributed by atoms with Crippen molar-refractivity contribution in [2.24, 2.45) is 5.73 Å². The highest BCUT2D eigenvalue weighted by molar-refractivity contribution is 5.39. The number of hydrogen-bond donors (Lipinski definition) is 1. The van der Waals surface area contributed by atoms with Gasteiger partial charge in [-0.05, 0) is 55.4 Å². The van der Waals surface area contributed by atoms with Crippen molar-refractivity contribution in [2.45, 2.75) is 38.1 Å². The van der Waals surface area contributed by atoms with Crippen molar-refractivity contribution >= 4 is 0 Å². The zero-order chi connectivity index (χ0) is 12.8. The maximum atomic E-state index is 6.14. The highest BCUT2D eigenvalue weighted by Gasteiger charge is 2.17. The van der Waals surface area contributed by atoms with E-state index in [4.69, 9.17) is 15.2 Å². The van der Waals surface area contributed by atoms with Gasteiger partial charge >= 0.3 is 0 Å². The number of hydrogen-bond acceptors (Lipinski definition) is 3. The third kappa shape index (κ3) is 3.47. The summed E-state index contributed by atoms with van der Waals surface area (Å²) in [6.07, 6.45) is 5.50. The van der Waals surface area contributed by atoms with Crippen molar-refractivity contribution < 1.29 is 9.47 Å². The molecule has 2 N–H and O–H groups in total. The van der Waals surface area contributed by atoms with Crippen LogP contribution >= 0.6 is 0 Å². The van der Waals surface area contributed by atoms with E-state index >= 15 is 0 Å². The highest BCUT2D eigenvalue weighted by Crippen LogP contribution is 2.30. The van der Waals surface area contributed by atoms with Gasteiger partial charge in [0.15, 0.2) is 0 Å². The predicted molar refractivity (Wildman–Crippen MR) is 72.9 cm³/mol. The van der Waals surface area contributed by atoms with Gasteiger partial charge in [-0.15, -0.1) is 0 Å². The number of nitrogens with two attached hydrogens (primary N) is 1. The van der Waals surface area contributed by atoms with Crippen LogP contribution < -0.4 is 10.5 Å². The zero-order valence-electron chi connectivity index (χ0n) is 11.2. The molecular formula is C15H23NO2. The van der Waals surface area contributed by atoms with E-state index in [1.54, 1.807) is 7.11 Å². The van der Waals surface area contributed by atoms with Gasteiger partial charge in [0.05, 0.1) is 6.61 Å². The quantitative estimate of drug-likeness (QED) is 0.788. The minimum atomic E-state index is 0.186. The molecule has 1 aliphatic carbocycles. The average Bonchev–Trinajstić information content (AvgIpc) is 2.39. The minimum absolute atomic E-state index is 0.186. The van der Waals surface area contributed by atoms with Gasteiger partial charge in [0.2, 0.25) is 0 Å². The SMILES string of the molecule is COCCCCOc1ccc2c(c1)[C@H](N)CCC2. The molecular weight excluding hydrogens is 226 g/mol. The molecule has 0 saturated heterocycles. The van der Waals surface area contributed by atoms with Gasteiger partial charge in [-0.3, -0.25) is 0 Å². The molecule has 1 aromatic rings. The largest absolute Gasteiger partial charge is 0.494 e. The van der Waals surface area contributed by atoms with Gasteiger partial charge < -0.3 is 15.2 Å².